The second-order valence-corrected chi connectivity index (χ2v) is 9.92. The number of fused-ring (bicyclic) bond motifs is 4. The van der Waals surface area contributed by atoms with E-state index in [1.165, 1.54) is 56.0 Å². The molecule has 0 saturated carbocycles. The number of hydrogen-bond donors (Lipinski definition) is 1. The third-order valence-corrected chi connectivity index (χ3v) is 8.01. The Bertz CT molecular complexity index is 880. The number of rotatable bonds is 4. The first-order chi connectivity index (χ1) is 14.1. The van der Waals surface area contributed by atoms with Crippen molar-refractivity contribution in [1.82, 2.24) is 19.5 Å². The quantitative estimate of drug-likeness (QED) is 0.835. The maximum Gasteiger partial charge on any atom is 0.271 e. The lowest BCUT2D eigenvalue weighted by Gasteiger charge is -2.44. The summed E-state index contributed by atoms with van der Waals surface area (Å²) >= 11 is 1.45. The van der Waals surface area contributed by atoms with Crippen LogP contribution in [0.5, 0.6) is 0 Å². The van der Waals surface area contributed by atoms with Gasteiger partial charge in [-0.2, -0.15) is 4.37 Å². The third-order valence-electron chi connectivity index (χ3n) is 7.20. The highest BCUT2D eigenvalue weighted by molar-refractivity contribution is 7.13. The van der Waals surface area contributed by atoms with Gasteiger partial charge >= 0.3 is 0 Å². The molecule has 1 amide bonds. The van der Waals surface area contributed by atoms with Gasteiger partial charge in [0.25, 0.3) is 5.91 Å². The van der Waals surface area contributed by atoms with Crippen molar-refractivity contribution in [3.05, 3.63) is 23.9 Å². The summed E-state index contributed by atoms with van der Waals surface area (Å²) in [6, 6.07) is 7.43. The van der Waals surface area contributed by atoms with Crippen LogP contribution in [0.2, 0.25) is 0 Å². The molecule has 2 aromatic rings. The molecule has 1 N–H and O–H groups in total. The van der Waals surface area contributed by atoms with Crippen LogP contribution in [0.1, 0.15) is 36.2 Å². The van der Waals surface area contributed by atoms with Crippen molar-refractivity contribution in [2.75, 3.05) is 51.7 Å². The number of hydrogen-bond acceptors (Lipinski definition) is 6. The van der Waals surface area contributed by atoms with Crippen molar-refractivity contribution in [3.8, 4) is 0 Å². The van der Waals surface area contributed by atoms with Crippen molar-refractivity contribution in [3.63, 3.8) is 0 Å². The van der Waals surface area contributed by atoms with Gasteiger partial charge in [0.15, 0.2) is 0 Å². The Hall–Kier alpha value is -1.70. The molecule has 7 heteroatoms. The van der Waals surface area contributed by atoms with E-state index in [2.05, 4.69) is 56.7 Å². The molecular weight excluding hydrogens is 382 g/mol. The Morgan fingerprint density at radius 3 is 2.55 bits per heavy atom. The molecule has 4 aliphatic heterocycles. The second kappa shape index (κ2) is 7.85. The van der Waals surface area contributed by atoms with Crippen molar-refractivity contribution in [2.45, 2.75) is 37.8 Å². The molecule has 4 aliphatic rings. The van der Waals surface area contributed by atoms with Crippen LogP contribution in [0.4, 0.5) is 5.69 Å². The smallest absolute Gasteiger partial charge is 0.271 e. The number of aromatic nitrogens is 1. The van der Waals surface area contributed by atoms with E-state index in [1.807, 2.05) is 0 Å². The SMILES string of the molecule is CN(C)C1CCN(c2ccc3c(C(=O)N[C@@H]4CN5CCC4CC5)nsc3c2)CC1. The number of anilines is 1. The average molecular weight is 414 g/mol. The van der Waals surface area contributed by atoms with Gasteiger partial charge in [0, 0.05) is 42.8 Å². The summed E-state index contributed by atoms with van der Waals surface area (Å²) in [5.41, 5.74) is 1.85. The van der Waals surface area contributed by atoms with E-state index in [0.29, 0.717) is 17.7 Å². The van der Waals surface area contributed by atoms with Gasteiger partial charge in [-0.25, -0.2) is 0 Å². The van der Waals surface area contributed by atoms with Gasteiger partial charge in [0.1, 0.15) is 5.69 Å². The molecular formula is C22H31N5OS. The highest BCUT2D eigenvalue weighted by Crippen LogP contribution is 2.31. The Labute approximate surface area is 177 Å². The molecule has 6 nitrogen and oxygen atoms in total. The van der Waals surface area contributed by atoms with E-state index in [1.54, 1.807) is 0 Å². The number of benzene rings is 1. The summed E-state index contributed by atoms with van der Waals surface area (Å²) in [6.07, 6.45) is 4.80. The van der Waals surface area contributed by atoms with E-state index in [-0.39, 0.29) is 11.9 Å². The van der Waals surface area contributed by atoms with Crippen molar-refractivity contribution in [1.29, 1.82) is 0 Å². The predicted molar refractivity (Wildman–Crippen MR) is 119 cm³/mol. The molecule has 2 bridgehead atoms. The van der Waals surface area contributed by atoms with Crippen LogP contribution < -0.4 is 10.2 Å². The molecule has 4 saturated heterocycles. The zero-order valence-electron chi connectivity index (χ0n) is 17.4. The molecule has 29 heavy (non-hydrogen) atoms. The summed E-state index contributed by atoms with van der Waals surface area (Å²) in [4.78, 5) is 20.2. The molecule has 5 heterocycles. The van der Waals surface area contributed by atoms with E-state index >= 15 is 0 Å². The van der Waals surface area contributed by atoms with Gasteiger partial charge in [-0.15, -0.1) is 0 Å². The van der Waals surface area contributed by atoms with Gasteiger partial charge in [-0.05, 0) is 88.5 Å². The minimum Gasteiger partial charge on any atom is -0.371 e. The minimum absolute atomic E-state index is 0.00505. The summed E-state index contributed by atoms with van der Waals surface area (Å²) in [6.45, 7) is 5.53. The Kier molecular flexibility index (Phi) is 5.22. The summed E-state index contributed by atoms with van der Waals surface area (Å²) in [7, 11) is 4.35. The topological polar surface area (TPSA) is 51.7 Å². The average Bonchev–Trinajstić information content (AvgIpc) is 3.18. The Morgan fingerprint density at radius 2 is 1.90 bits per heavy atom. The largest absolute Gasteiger partial charge is 0.371 e. The zero-order valence-corrected chi connectivity index (χ0v) is 18.2. The highest BCUT2D eigenvalue weighted by Gasteiger charge is 2.35. The molecule has 4 fully saturated rings. The fraction of sp³-hybridized carbons (Fsp3) is 0.636. The minimum atomic E-state index is -0.00505. The third kappa shape index (κ3) is 3.76. The van der Waals surface area contributed by atoms with Crippen LogP contribution in [0.3, 0.4) is 0 Å². The van der Waals surface area contributed by atoms with Gasteiger partial charge in [0.2, 0.25) is 0 Å². The van der Waals surface area contributed by atoms with Crippen LogP contribution in [-0.2, 0) is 0 Å². The normalized spacial score (nSPS) is 27.7. The second-order valence-electron chi connectivity index (χ2n) is 9.11. The van der Waals surface area contributed by atoms with Crippen LogP contribution in [-0.4, -0.2) is 79.0 Å². The first-order valence-electron chi connectivity index (χ1n) is 10.9. The van der Waals surface area contributed by atoms with Gasteiger partial charge < -0.3 is 20.0 Å². The lowest BCUT2D eigenvalue weighted by Crippen LogP contribution is -2.57. The summed E-state index contributed by atoms with van der Waals surface area (Å²) < 4.78 is 5.64. The highest BCUT2D eigenvalue weighted by atomic mass is 32.1. The number of piperidine rings is 4. The van der Waals surface area contributed by atoms with Crippen molar-refractivity contribution >= 4 is 33.2 Å². The Morgan fingerprint density at radius 1 is 1.14 bits per heavy atom. The molecule has 0 unspecified atom stereocenters. The zero-order chi connectivity index (χ0) is 20.0. The number of nitrogens with one attached hydrogen (secondary N) is 1. The van der Waals surface area contributed by atoms with Crippen LogP contribution in [0.25, 0.3) is 10.1 Å². The van der Waals surface area contributed by atoms with Crippen molar-refractivity contribution in [2.24, 2.45) is 5.92 Å². The molecule has 0 spiro atoms. The first-order valence-corrected chi connectivity index (χ1v) is 11.7. The molecule has 1 aromatic heterocycles. The fourth-order valence-electron chi connectivity index (χ4n) is 5.29. The van der Waals surface area contributed by atoms with E-state index < -0.39 is 0 Å². The molecule has 1 aromatic carbocycles. The monoisotopic (exact) mass is 413 g/mol. The van der Waals surface area contributed by atoms with Crippen LogP contribution in [0.15, 0.2) is 18.2 Å². The summed E-state index contributed by atoms with van der Waals surface area (Å²) in [5.74, 6) is 0.625. The fourth-order valence-corrected chi connectivity index (χ4v) is 6.10. The standard InChI is InChI=1S/C22H31N5OS/c1-25(2)16-7-11-27(12-8-16)17-3-4-18-20(13-17)29-24-21(18)22(28)23-19-14-26-9-5-15(19)6-10-26/h3-4,13,15-16,19H,5-12,14H2,1-2H3,(H,23,28)/t19-/m1/s1. The van der Waals surface area contributed by atoms with Crippen molar-refractivity contribution < 1.29 is 4.79 Å². The number of nitrogens with zero attached hydrogens (tertiary/aromatic N) is 4. The van der Waals surface area contributed by atoms with E-state index in [0.717, 1.165) is 29.7 Å². The van der Waals surface area contributed by atoms with Crippen LogP contribution >= 0.6 is 11.5 Å². The number of amides is 1. The predicted octanol–water partition coefficient (Wildman–Crippen LogP) is 2.65. The van der Waals surface area contributed by atoms with Gasteiger partial charge in [-0.1, -0.05) is 0 Å². The molecule has 0 aliphatic carbocycles. The van der Waals surface area contributed by atoms with E-state index in [9.17, 15) is 4.79 Å². The number of carbonyl (C=O) groups is 1. The summed E-state index contributed by atoms with van der Waals surface area (Å²) in [5, 5.41) is 4.27. The Balaban J connectivity index is 1.29. The van der Waals surface area contributed by atoms with Crippen LogP contribution in [0, 0.1) is 5.92 Å². The van der Waals surface area contributed by atoms with Gasteiger partial charge in [-0.3, -0.25) is 4.79 Å². The lowest BCUT2D eigenvalue weighted by atomic mass is 9.84. The molecule has 6 rings (SSSR count). The molecule has 156 valence electrons. The van der Waals surface area contributed by atoms with Gasteiger partial charge in [0.05, 0.1) is 4.70 Å². The number of carbonyl (C=O) groups excluding carboxylic acids is 1. The van der Waals surface area contributed by atoms with E-state index in [4.69, 9.17) is 0 Å². The first kappa shape index (κ1) is 19.3. The molecule has 0 radical (unpaired) electrons. The maximum absolute atomic E-state index is 13.0. The lowest BCUT2D eigenvalue weighted by molar-refractivity contribution is 0.0619. The maximum atomic E-state index is 13.0. The molecule has 1 atom stereocenters.